The summed E-state index contributed by atoms with van der Waals surface area (Å²) in [7, 11) is 0. The predicted molar refractivity (Wildman–Crippen MR) is 67.5 cm³/mol. The number of hydrogen-bond donors (Lipinski definition) is 0. The highest BCUT2D eigenvalue weighted by Gasteiger charge is 2.35. The van der Waals surface area contributed by atoms with E-state index in [9.17, 15) is 0 Å². The summed E-state index contributed by atoms with van der Waals surface area (Å²) in [6.45, 7) is 4.47. The lowest BCUT2D eigenvalue weighted by molar-refractivity contribution is 0.326. The van der Waals surface area contributed by atoms with Gasteiger partial charge < -0.3 is 4.74 Å². The fourth-order valence-corrected chi connectivity index (χ4v) is 2.31. The highest BCUT2D eigenvalue weighted by molar-refractivity contribution is 5.14. The van der Waals surface area contributed by atoms with E-state index < -0.39 is 0 Å². The number of hydrogen-bond acceptors (Lipinski definition) is 1. The summed E-state index contributed by atoms with van der Waals surface area (Å²) in [6.07, 6.45) is 6.11. The van der Waals surface area contributed by atoms with Crippen molar-refractivity contribution in [1.29, 1.82) is 0 Å². The third-order valence-electron chi connectivity index (χ3n) is 3.66. The van der Waals surface area contributed by atoms with Crippen LogP contribution in [0.2, 0.25) is 0 Å². The van der Waals surface area contributed by atoms with E-state index in [-0.39, 0.29) is 0 Å². The zero-order valence-corrected chi connectivity index (χ0v) is 10.4. The molecule has 3 atom stereocenters. The lowest BCUT2D eigenvalue weighted by atomic mass is 9.92. The first kappa shape index (κ1) is 11.7. The molecule has 1 aliphatic rings. The number of epoxide rings is 1. The van der Waals surface area contributed by atoms with E-state index in [2.05, 4.69) is 44.2 Å². The Hall–Kier alpha value is -0.820. The first-order valence-electron chi connectivity index (χ1n) is 6.49. The normalized spacial score (nSPS) is 25.4. The van der Waals surface area contributed by atoms with Gasteiger partial charge in [-0.1, -0.05) is 43.7 Å². The Morgan fingerprint density at radius 1 is 1.25 bits per heavy atom. The standard InChI is InChI=1S/C15H22O/c1-3-13(11-15-12(2)16-15)9-10-14-7-5-4-6-8-14/h4-8,12-13,15H,3,9-11H2,1-2H3. The molecule has 1 fully saturated rings. The number of rotatable bonds is 6. The third-order valence-corrected chi connectivity index (χ3v) is 3.66. The molecule has 1 aliphatic heterocycles. The molecular weight excluding hydrogens is 196 g/mol. The Kier molecular flexibility index (Phi) is 4.00. The van der Waals surface area contributed by atoms with E-state index in [1.54, 1.807) is 0 Å². The molecule has 88 valence electrons. The van der Waals surface area contributed by atoms with Gasteiger partial charge in [0.05, 0.1) is 12.2 Å². The summed E-state index contributed by atoms with van der Waals surface area (Å²) in [4.78, 5) is 0. The van der Waals surface area contributed by atoms with E-state index in [1.165, 1.54) is 31.2 Å². The highest BCUT2D eigenvalue weighted by Crippen LogP contribution is 2.30. The number of benzene rings is 1. The monoisotopic (exact) mass is 218 g/mol. The van der Waals surface area contributed by atoms with Gasteiger partial charge in [-0.3, -0.25) is 0 Å². The average molecular weight is 218 g/mol. The van der Waals surface area contributed by atoms with Gasteiger partial charge in [-0.05, 0) is 37.7 Å². The molecule has 0 bridgehead atoms. The topological polar surface area (TPSA) is 12.5 Å². The Morgan fingerprint density at radius 3 is 2.50 bits per heavy atom. The molecule has 0 aliphatic carbocycles. The Labute approximate surface area is 98.8 Å². The van der Waals surface area contributed by atoms with Crippen LogP contribution in [0.3, 0.4) is 0 Å². The van der Waals surface area contributed by atoms with Crippen molar-refractivity contribution in [2.24, 2.45) is 5.92 Å². The molecule has 1 aromatic rings. The number of ether oxygens (including phenoxy) is 1. The Balaban J connectivity index is 1.74. The zero-order chi connectivity index (χ0) is 11.4. The van der Waals surface area contributed by atoms with Crippen LogP contribution in [0.15, 0.2) is 30.3 Å². The first-order valence-corrected chi connectivity index (χ1v) is 6.49. The molecule has 0 aromatic heterocycles. The van der Waals surface area contributed by atoms with Crippen LogP contribution in [-0.2, 0) is 11.2 Å². The summed E-state index contributed by atoms with van der Waals surface area (Å²) in [5.74, 6) is 0.829. The molecule has 1 nitrogen and oxygen atoms in total. The van der Waals surface area contributed by atoms with E-state index >= 15 is 0 Å². The molecule has 1 saturated heterocycles. The van der Waals surface area contributed by atoms with Gasteiger partial charge in [-0.25, -0.2) is 0 Å². The predicted octanol–water partition coefficient (Wildman–Crippen LogP) is 3.82. The van der Waals surface area contributed by atoms with Crippen LogP contribution < -0.4 is 0 Å². The second kappa shape index (κ2) is 5.49. The second-order valence-corrected chi connectivity index (χ2v) is 4.91. The van der Waals surface area contributed by atoms with Crippen LogP contribution in [0.4, 0.5) is 0 Å². The minimum atomic E-state index is 0.519. The van der Waals surface area contributed by atoms with Crippen molar-refractivity contribution in [3.05, 3.63) is 35.9 Å². The Bertz CT molecular complexity index is 306. The molecule has 1 heteroatoms. The van der Waals surface area contributed by atoms with Gasteiger partial charge in [-0.2, -0.15) is 0 Å². The minimum absolute atomic E-state index is 0.519. The third kappa shape index (κ3) is 3.34. The minimum Gasteiger partial charge on any atom is -0.370 e. The molecule has 16 heavy (non-hydrogen) atoms. The van der Waals surface area contributed by atoms with E-state index in [0.29, 0.717) is 12.2 Å². The molecule has 2 rings (SSSR count). The molecule has 1 aromatic carbocycles. The van der Waals surface area contributed by atoms with Gasteiger partial charge in [0.25, 0.3) is 0 Å². The van der Waals surface area contributed by atoms with E-state index in [0.717, 1.165) is 5.92 Å². The number of aryl methyl sites for hydroxylation is 1. The van der Waals surface area contributed by atoms with Gasteiger partial charge in [0, 0.05) is 0 Å². The summed E-state index contributed by atoms with van der Waals surface area (Å²) >= 11 is 0. The SMILES string of the molecule is CCC(CCc1ccccc1)CC1OC1C. The van der Waals surface area contributed by atoms with Gasteiger partial charge in [0.15, 0.2) is 0 Å². The molecule has 0 radical (unpaired) electrons. The zero-order valence-electron chi connectivity index (χ0n) is 10.4. The van der Waals surface area contributed by atoms with Crippen molar-refractivity contribution >= 4 is 0 Å². The van der Waals surface area contributed by atoms with Crippen molar-refractivity contribution in [3.63, 3.8) is 0 Å². The summed E-state index contributed by atoms with van der Waals surface area (Å²) in [5, 5.41) is 0. The van der Waals surface area contributed by atoms with Gasteiger partial charge >= 0.3 is 0 Å². The van der Waals surface area contributed by atoms with Crippen LogP contribution in [0.1, 0.15) is 38.7 Å². The van der Waals surface area contributed by atoms with Gasteiger partial charge in [-0.15, -0.1) is 0 Å². The van der Waals surface area contributed by atoms with Crippen LogP contribution in [0.25, 0.3) is 0 Å². The van der Waals surface area contributed by atoms with Crippen LogP contribution >= 0.6 is 0 Å². The maximum atomic E-state index is 5.50. The fraction of sp³-hybridized carbons (Fsp3) is 0.600. The molecule has 0 spiro atoms. The maximum Gasteiger partial charge on any atom is 0.0841 e. The van der Waals surface area contributed by atoms with E-state index in [4.69, 9.17) is 4.74 Å². The van der Waals surface area contributed by atoms with E-state index in [1.807, 2.05) is 0 Å². The fourth-order valence-electron chi connectivity index (χ4n) is 2.31. The van der Waals surface area contributed by atoms with Crippen molar-refractivity contribution < 1.29 is 4.74 Å². The van der Waals surface area contributed by atoms with Crippen molar-refractivity contribution in [3.8, 4) is 0 Å². The smallest absolute Gasteiger partial charge is 0.0841 e. The van der Waals surface area contributed by atoms with Crippen molar-refractivity contribution in [1.82, 2.24) is 0 Å². The molecule has 1 heterocycles. The lowest BCUT2D eigenvalue weighted by Gasteiger charge is -2.13. The first-order chi connectivity index (χ1) is 7.79. The maximum absolute atomic E-state index is 5.50. The largest absolute Gasteiger partial charge is 0.370 e. The lowest BCUT2D eigenvalue weighted by Crippen LogP contribution is -2.06. The second-order valence-electron chi connectivity index (χ2n) is 4.91. The van der Waals surface area contributed by atoms with Crippen LogP contribution in [0, 0.1) is 5.92 Å². The van der Waals surface area contributed by atoms with Gasteiger partial charge in [0.2, 0.25) is 0 Å². The van der Waals surface area contributed by atoms with Crippen molar-refractivity contribution in [2.75, 3.05) is 0 Å². The molecule has 3 unspecified atom stereocenters. The van der Waals surface area contributed by atoms with Crippen LogP contribution in [0.5, 0.6) is 0 Å². The molecule has 0 amide bonds. The van der Waals surface area contributed by atoms with Crippen LogP contribution in [-0.4, -0.2) is 12.2 Å². The average Bonchev–Trinajstić information content (AvgIpc) is 3.01. The quantitative estimate of drug-likeness (QED) is 0.661. The summed E-state index contributed by atoms with van der Waals surface area (Å²) in [6, 6.07) is 10.8. The summed E-state index contributed by atoms with van der Waals surface area (Å²) < 4.78 is 5.50. The van der Waals surface area contributed by atoms with Crippen molar-refractivity contribution in [2.45, 2.75) is 51.7 Å². The molecule has 0 N–H and O–H groups in total. The highest BCUT2D eigenvalue weighted by atomic mass is 16.6. The Morgan fingerprint density at radius 2 is 1.94 bits per heavy atom. The summed E-state index contributed by atoms with van der Waals surface area (Å²) in [5.41, 5.74) is 1.46. The molecule has 0 saturated carbocycles. The van der Waals surface area contributed by atoms with Gasteiger partial charge in [0.1, 0.15) is 0 Å². The molecular formula is C15H22O.